The fraction of sp³-hybridized carbons (Fsp3) is 0.375. The summed E-state index contributed by atoms with van der Waals surface area (Å²) in [5.41, 5.74) is 2.03. The molecule has 118 valence electrons. The van der Waals surface area contributed by atoms with Crippen molar-refractivity contribution >= 4 is 11.8 Å². The first-order valence-corrected chi connectivity index (χ1v) is 8.12. The van der Waals surface area contributed by atoms with Crippen LogP contribution in [-0.4, -0.2) is 42.4 Å². The molecule has 0 unspecified atom stereocenters. The first-order chi connectivity index (χ1) is 10.7. The van der Waals surface area contributed by atoms with E-state index in [1.54, 1.807) is 44.6 Å². The molecule has 0 radical (unpaired) electrons. The molecule has 0 saturated heterocycles. The van der Waals surface area contributed by atoms with Gasteiger partial charge in [-0.05, 0) is 25.4 Å². The Morgan fingerprint density at radius 3 is 2.45 bits per heavy atom. The van der Waals surface area contributed by atoms with Crippen LogP contribution in [0.5, 0.6) is 11.5 Å². The second-order valence-electron chi connectivity index (χ2n) is 4.89. The van der Waals surface area contributed by atoms with Crippen molar-refractivity contribution in [2.75, 3.05) is 27.5 Å². The van der Waals surface area contributed by atoms with Gasteiger partial charge in [0.25, 0.3) is 0 Å². The van der Waals surface area contributed by atoms with Gasteiger partial charge in [0.2, 0.25) is 0 Å². The third-order valence-electron chi connectivity index (χ3n) is 3.28. The number of thioether (sulfide) groups is 1. The second kappa shape index (κ2) is 8.00. The minimum absolute atomic E-state index is 0.726. The Balaban J connectivity index is 2.17. The average molecular weight is 319 g/mol. The lowest BCUT2D eigenvalue weighted by Gasteiger charge is -2.19. The van der Waals surface area contributed by atoms with Crippen molar-refractivity contribution in [2.45, 2.75) is 18.0 Å². The minimum atomic E-state index is 0.726. The van der Waals surface area contributed by atoms with Crippen molar-refractivity contribution < 1.29 is 9.47 Å². The summed E-state index contributed by atoms with van der Waals surface area (Å²) in [6, 6.07) is 4.06. The minimum Gasteiger partial charge on any atom is -0.496 e. The molecule has 0 aliphatic carbocycles. The first kappa shape index (κ1) is 16.6. The van der Waals surface area contributed by atoms with Gasteiger partial charge >= 0.3 is 0 Å². The monoisotopic (exact) mass is 319 g/mol. The van der Waals surface area contributed by atoms with E-state index < -0.39 is 0 Å². The van der Waals surface area contributed by atoms with Gasteiger partial charge in [-0.3, -0.25) is 14.9 Å². The van der Waals surface area contributed by atoms with Crippen molar-refractivity contribution in [1.82, 2.24) is 14.9 Å². The Hall–Kier alpha value is -1.79. The lowest BCUT2D eigenvalue weighted by atomic mass is 10.1. The van der Waals surface area contributed by atoms with Gasteiger partial charge in [0.05, 0.1) is 24.8 Å². The SMILES string of the molecule is COc1cc(SC)c(OC)cc1CN(C)Cc1cnccn1. The van der Waals surface area contributed by atoms with Crippen molar-refractivity contribution in [1.29, 1.82) is 0 Å². The predicted octanol–water partition coefficient (Wildman–Crippen LogP) is 2.85. The molecule has 0 spiro atoms. The van der Waals surface area contributed by atoms with E-state index in [2.05, 4.69) is 14.9 Å². The lowest BCUT2D eigenvalue weighted by Crippen LogP contribution is -2.18. The molecule has 2 aromatic rings. The number of hydrogen-bond acceptors (Lipinski definition) is 6. The summed E-state index contributed by atoms with van der Waals surface area (Å²) in [6.45, 7) is 1.47. The number of hydrogen-bond donors (Lipinski definition) is 0. The van der Waals surface area contributed by atoms with E-state index in [0.717, 1.165) is 40.7 Å². The zero-order chi connectivity index (χ0) is 15.9. The highest BCUT2D eigenvalue weighted by Gasteiger charge is 2.13. The maximum Gasteiger partial charge on any atom is 0.132 e. The highest BCUT2D eigenvalue weighted by molar-refractivity contribution is 7.98. The number of nitrogens with zero attached hydrogens (tertiary/aromatic N) is 3. The van der Waals surface area contributed by atoms with E-state index >= 15 is 0 Å². The molecule has 0 bridgehead atoms. The highest BCUT2D eigenvalue weighted by atomic mass is 32.2. The summed E-state index contributed by atoms with van der Waals surface area (Å²) in [4.78, 5) is 11.6. The number of benzene rings is 1. The number of aromatic nitrogens is 2. The number of rotatable bonds is 7. The van der Waals surface area contributed by atoms with E-state index in [-0.39, 0.29) is 0 Å². The number of ether oxygens (including phenoxy) is 2. The van der Waals surface area contributed by atoms with Crippen LogP contribution >= 0.6 is 11.8 Å². The predicted molar refractivity (Wildman–Crippen MR) is 88.5 cm³/mol. The van der Waals surface area contributed by atoms with Gasteiger partial charge in [0.15, 0.2) is 0 Å². The molecule has 0 N–H and O–H groups in total. The Morgan fingerprint density at radius 1 is 1.09 bits per heavy atom. The summed E-state index contributed by atoms with van der Waals surface area (Å²) in [6.07, 6.45) is 7.20. The molecule has 5 nitrogen and oxygen atoms in total. The van der Waals surface area contributed by atoms with Crippen LogP contribution in [0.15, 0.2) is 35.6 Å². The maximum atomic E-state index is 5.51. The topological polar surface area (TPSA) is 47.5 Å². The van der Waals surface area contributed by atoms with Gasteiger partial charge in [-0.15, -0.1) is 11.8 Å². The molecular formula is C16H21N3O2S. The highest BCUT2D eigenvalue weighted by Crippen LogP contribution is 2.35. The van der Waals surface area contributed by atoms with Gasteiger partial charge < -0.3 is 9.47 Å². The summed E-state index contributed by atoms with van der Waals surface area (Å²) >= 11 is 1.64. The van der Waals surface area contributed by atoms with Gasteiger partial charge in [-0.2, -0.15) is 0 Å². The third-order valence-corrected chi connectivity index (χ3v) is 4.03. The zero-order valence-electron chi connectivity index (χ0n) is 13.4. The molecule has 0 fully saturated rings. The van der Waals surface area contributed by atoms with Crippen LogP contribution in [0.4, 0.5) is 0 Å². The smallest absolute Gasteiger partial charge is 0.132 e. The van der Waals surface area contributed by atoms with E-state index in [1.165, 1.54) is 0 Å². The van der Waals surface area contributed by atoms with E-state index in [4.69, 9.17) is 9.47 Å². The fourth-order valence-corrected chi connectivity index (χ4v) is 2.82. The molecular weight excluding hydrogens is 298 g/mol. The fourth-order valence-electron chi connectivity index (χ4n) is 2.25. The summed E-state index contributed by atoms with van der Waals surface area (Å²) in [7, 11) is 5.43. The zero-order valence-corrected chi connectivity index (χ0v) is 14.2. The summed E-state index contributed by atoms with van der Waals surface area (Å²) < 4.78 is 11.0. The van der Waals surface area contributed by atoms with Crippen LogP contribution in [0.25, 0.3) is 0 Å². The Bertz CT molecular complexity index is 608. The molecule has 6 heteroatoms. The molecule has 0 aliphatic heterocycles. The molecule has 2 rings (SSSR count). The van der Waals surface area contributed by atoms with E-state index in [1.807, 2.05) is 25.4 Å². The quantitative estimate of drug-likeness (QED) is 0.731. The van der Waals surface area contributed by atoms with Crippen molar-refractivity contribution in [2.24, 2.45) is 0 Å². The summed E-state index contributed by atoms with van der Waals surface area (Å²) in [5.74, 6) is 1.74. The Labute approximate surface area is 135 Å². The van der Waals surface area contributed by atoms with Crippen LogP contribution in [0.3, 0.4) is 0 Å². The summed E-state index contributed by atoms with van der Waals surface area (Å²) in [5, 5.41) is 0. The standard InChI is InChI=1S/C16H21N3O2S/c1-19(11-13-9-17-5-6-18-13)10-12-7-15(21-3)16(22-4)8-14(12)20-2/h5-9H,10-11H2,1-4H3. The van der Waals surface area contributed by atoms with Gasteiger partial charge in [0.1, 0.15) is 11.5 Å². The van der Waals surface area contributed by atoms with Crippen LogP contribution in [-0.2, 0) is 13.1 Å². The van der Waals surface area contributed by atoms with Gasteiger partial charge in [-0.25, -0.2) is 0 Å². The molecule has 22 heavy (non-hydrogen) atoms. The molecule has 1 heterocycles. The molecule has 0 saturated carbocycles. The molecule has 0 atom stereocenters. The van der Waals surface area contributed by atoms with Gasteiger partial charge in [-0.1, -0.05) is 0 Å². The van der Waals surface area contributed by atoms with Crippen LogP contribution < -0.4 is 9.47 Å². The van der Waals surface area contributed by atoms with Crippen molar-refractivity contribution in [3.63, 3.8) is 0 Å². The van der Waals surface area contributed by atoms with E-state index in [9.17, 15) is 0 Å². The maximum absolute atomic E-state index is 5.51. The van der Waals surface area contributed by atoms with Gasteiger partial charge in [0, 0.05) is 37.2 Å². The Morgan fingerprint density at radius 2 is 1.86 bits per heavy atom. The average Bonchev–Trinajstić information content (AvgIpc) is 2.55. The van der Waals surface area contributed by atoms with Crippen LogP contribution in [0, 0.1) is 0 Å². The largest absolute Gasteiger partial charge is 0.496 e. The molecule has 0 amide bonds. The molecule has 1 aromatic heterocycles. The van der Waals surface area contributed by atoms with Crippen LogP contribution in [0.1, 0.15) is 11.3 Å². The van der Waals surface area contributed by atoms with Crippen molar-refractivity contribution in [3.8, 4) is 11.5 Å². The molecule has 0 aliphatic rings. The number of methoxy groups -OCH3 is 2. The van der Waals surface area contributed by atoms with Crippen molar-refractivity contribution in [3.05, 3.63) is 42.0 Å². The lowest BCUT2D eigenvalue weighted by molar-refractivity contribution is 0.304. The third kappa shape index (κ3) is 4.11. The Kier molecular flexibility index (Phi) is 6.03. The molecule has 1 aromatic carbocycles. The second-order valence-corrected chi connectivity index (χ2v) is 5.74. The van der Waals surface area contributed by atoms with E-state index in [0.29, 0.717) is 0 Å². The first-order valence-electron chi connectivity index (χ1n) is 6.90. The van der Waals surface area contributed by atoms with Crippen LogP contribution in [0.2, 0.25) is 0 Å². The normalized spacial score (nSPS) is 10.8.